The Bertz CT molecular complexity index is 717. The molecule has 2 bridgehead atoms. The van der Waals surface area contributed by atoms with Gasteiger partial charge in [-0.15, -0.1) is 0 Å². The Hall–Kier alpha value is -2.18. The predicted molar refractivity (Wildman–Crippen MR) is 99.6 cm³/mol. The number of carbonyl (C=O) groups is 2. The molecule has 0 aliphatic carbocycles. The topological polar surface area (TPSA) is 55.8 Å². The summed E-state index contributed by atoms with van der Waals surface area (Å²) in [5.41, 5.74) is -0.402. The van der Waals surface area contributed by atoms with E-state index in [1.165, 1.54) is 12.1 Å². The van der Waals surface area contributed by atoms with Crippen LogP contribution >= 0.6 is 0 Å². The highest BCUT2D eigenvalue weighted by Gasteiger charge is 2.44. The predicted octanol–water partition coefficient (Wildman–Crippen LogP) is 5.04. The molecule has 0 saturated carbocycles. The van der Waals surface area contributed by atoms with Crippen LogP contribution in [0.25, 0.3) is 0 Å². The van der Waals surface area contributed by atoms with E-state index >= 15 is 0 Å². The molecule has 0 radical (unpaired) electrons. The van der Waals surface area contributed by atoms with E-state index in [1.54, 1.807) is 17.0 Å². The van der Waals surface area contributed by atoms with Crippen molar-refractivity contribution < 1.29 is 27.8 Å². The molecule has 2 atom stereocenters. The first-order valence-electron chi connectivity index (χ1n) is 9.75. The van der Waals surface area contributed by atoms with Crippen molar-refractivity contribution in [1.82, 2.24) is 4.90 Å². The monoisotopic (exact) mass is 395 g/mol. The fourth-order valence-corrected chi connectivity index (χ4v) is 4.30. The lowest BCUT2D eigenvalue weighted by atomic mass is 9.75. The third-order valence-electron chi connectivity index (χ3n) is 5.32. The summed E-state index contributed by atoms with van der Waals surface area (Å²) in [6.07, 6.45) is 3.31. The number of benzene rings is 1. The van der Waals surface area contributed by atoms with Gasteiger partial charge in [-0.2, -0.15) is 8.78 Å². The quantitative estimate of drug-likeness (QED) is 0.671. The molecular formula is C21H27F2NO4. The lowest BCUT2D eigenvalue weighted by molar-refractivity contribution is -0.0504. The summed E-state index contributed by atoms with van der Waals surface area (Å²) < 4.78 is 35.4. The number of hydrogen-bond donors (Lipinski definition) is 0. The van der Waals surface area contributed by atoms with Gasteiger partial charge >= 0.3 is 12.7 Å². The van der Waals surface area contributed by atoms with Crippen LogP contribution in [0.3, 0.4) is 0 Å². The van der Waals surface area contributed by atoms with Gasteiger partial charge in [0.15, 0.2) is 5.78 Å². The zero-order valence-corrected chi connectivity index (χ0v) is 16.5. The molecule has 0 aromatic heterocycles. The Labute approximate surface area is 164 Å². The maximum absolute atomic E-state index is 13.1. The standard InChI is InChI=1S/C21H27F2NO4/c1-21(2,3)28-20(26)24-14-7-6-8-15(24)12-13(11-14)18(25)16-9-4-5-10-17(16)27-19(22)23/h4-5,9-10,13-15,19H,6-8,11-12H2,1-3H3. The average Bonchev–Trinajstić information content (AvgIpc) is 2.58. The summed E-state index contributed by atoms with van der Waals surface area (Å²) in [5.74, 6) is -0.615. The van der Waals surface area contributed by atoms with Gasteiger partial charge in [0.1, 0.15) is 11.4 Å². The Morgan fingerprint density at radius 1 is 1.11 bits per heavy atom. The number of hydrogen-bond acceptors (Lipinski definition) is 4. The largest absolute Gasteiger partial charge is 0.444 e. The molecule has 7 heteroatoms. The molecule has 5 nitrogen and oxygen atoms in total. The van der Waals surface area contributed by atoms with E-state index in [9.17, 15) is 18.4 Å². The van der Waals surface area contributed by atoms with Crippen molar-refractivity contribution in [2.75, 3.05) is 0 Å². The second-order valence-electron chi connectivity index (χ2n) is 8.53. The molecule has 154 valence electrons. The van der Waals surface area contributed by atoms with Crippen molar-refractivity contribution in [3.63, 3.8) is 0 Å². The number of piperidine rings is 2. The third kappa shape index (κ3) is 4.62. The second-order valence-corrected chi connectivity index (χ2v) is 8.53. The third-order valence-corrected chi connectivity index (χ3v) is 5.32. The van der Waals surface area contributed by atoms with Gasteiger partial charge in [0.25, 0.3) is 0 Å². The maximum Gasteiger partial charge on any atom is 0.410 e. The van der Waals surface area contributed by atoms with E-state index in [2.05, 4.69) is 4.74 Å². The molecule has 1 aromatic carbocycles. The first-order chi connectivity index (χ1) is 13.2. The molecule has 2 aliphatic rings. The lowest BCUT2D eigenvalue weighted by Gasteiger charge is -2.48. The molecular weight excluding hydrogens is 368 g/mol. The number of ketones is 1. The van der Waals surface area contributed by atoms with E-state index in [0.29, 0.717) is 12.8 Å². The lowest BCUT2D eigenvalue weighted by Crippen LogP contribution is -2.56. The van der Waals surface area contributed by atoms with Gasteiger partial charge in [-0.1, -0.05) is 12.1 Å². The minimum absolute atomic E-state index is 0.0699. The first-order valence-corrected chi connectivity index (χ1v) is 9.75. The normalized spacial score (nSPS) is 24.8. The number of nitrogens with zero attached hydrogens (tertiary/aromatic N) is 1. The molecule has 2 unspecified atom stereocenters. The average molecular weight is 395 g/mol. The molecule has 0 spiro atoms. The number of halogens is 2. The highest BCUT2D eigenvalue weighted by atomic mass is 19.3. The number of carbonyl (C=O) groups excluding carboxylic acids is 2. The van der Waals surface area contributed by atoms with Gasteiger partial charge in [-0.3, -0.25) is 4.79 Å². The molecule has 1 aromatic rings. The van der Waals surface area contributed by atoms with Gasteiger partial charge in [0, 0.05) is 18.0 Å². The molecule has 1 amide bonds. The van der Waals surface area contributed by atoms with Crippen LogP contribution in [0.15, 0.2) is 24.3 Å². The van der Waals surface area contributed by atoms with Crippen LogP contribution in [0.4, 0.5) is 13.6 Å². The van der Waals surface area contributed by atoms with Gasteiger partial charge < -0.3 is 14.4 Å². The highest BCUT2D eigenvalue weighted by molar-refractivity contribution is 6.00. The fraction of sp³-hybridized carbons (Fsp3) is 0.619. The Kier molecular flexibility index (Phi) is 5.91. The van der Waals surface area contributed by atoms with Crippen molar-refractivity contribution in [3.05, 3.63) is 29.8 Å². The number of Topliss-reactive ketones (excluding diaryl/α,β-unsaturated/α-hetero) is 1. The van der Waals surface area contributed by atoms with Crippen LogP contribution < -0.4 is 4.74 Å². The van der Waals surface area contributed by atoms with E-state index in [0.717, 1.165) is 19.3 Å². The smallest absolute Gasteiger partial charge is 0.410 e. The van der Waals surface area contributed by atoms with Crippen LogP contribution in [0.5, 0.6) is 5.75 Å². The van der Waals surface area contributed by atoms with E-state index in [-0.39, 0.29) is 41.2 Å². The molecule has 2 aliphatic heterocycles. The zero-order chi connectivity index (χ0) is 20.5. The first kappa shape index (κ1) is 20.6. The van der Waals surface area contributed by atoms with Crippen molar-refractivity contribution in [3.8, 4) is 5.75 Å². The van der Waals surface area contributed by atoms with Gasteiger partial charge in [0.2, 0.25) is 0 Å². The van der Waals surface area contributed by atoms with Crippen molar-refractivity contribution in [1.29, 1.82) is 0 Å². The number of alkyl halides is 2. The zero-order valence-electron chi connectivity index (χ0n) is 16.5. The second kappa shape index (κ2) is 8.05. The van der Waals surface area contributed by atoms with Crippen molar-refractivity contribution in [2.24, 2.45) is 5.92 Å². The van der Waals surface area contributed by atoms with Crippen LogP contribution in [0.1, 0.15) is 63.2 Å². The Balaban J connectivity index is 1.77. The van der Waals surface area contributed by atoms with E-state index in [1.807, 2.05) is 20.8 Å². The summed E-state index contributed by atoms with van der Waals surface area (Å²) >= 11 is 0. The fourth-order valence-electron chi connectivity index (χ4n) is 4.30. The number of para-hydroxylation sites is 1. The Morgan fingerprint density at radius 2 is 1.71 bits per heavy atom. The van der Waals surface area contributed by atoms with Gasteiger partial charge in [0.05, 0.1) is 5.56 Å². The molecule has 0 N–H and O–H groups in total. The minimum Gasteiger partial charge on any atom is -0.444 e. The van der Waals surface area contributed by atoms with Crippen LogP contribution in [0, 0.1) is 5.92 Å². The number of ether oxygens (including phenoxy) is 2. The molecule has 2 fully saturated rings. The summed E-state index contributed by atoms with van der Waals surface area (Å²) in [6.45, 7) is 2.51. The van der Waals surface area contributed by atoms with Crippen molar-refractivity contribution >= 4 is 11.9 Å². The van der Waals surface area contributed by atoms with E-state index in [4.69, 9.17) is 4.74 Å². The van der Waals surface area contributed by atoms with E-state index < -0.39 is 12.2 Å². The molecule has 2 saturated heterocycles. The number of rotatable bonds is 4. The van der Waals surface area contributed by atoms with Crippen LogP contribution in [0.2, 0.25) is 0 Å². The van der Waals surface area contributed by atoms with Gasteiger partial charge in [-0.25, -0.2) is 4.79 Å². The SMILES string of the molecule is CC(C)(C)OC(=O)N1C2CCCC1CC(C(=O)c1ccccc1OC(F)F)C2. The summed E-state index contributed by atoms with van der Waals surface area (Å²) in [4.78, 5) is 27.5. The highest BCUT2D eigenvalue weighted by Crippen LogP contribution is 2.40. The van der Waals surface area contributed by atoms with Gasteiger partial charge in [-0.05, 0) is 65.0 Å². The van der Waals surface area contributed by atoms with Crippen molar-refractivity contribution in [2.45, 2.75) is 77.2 Å². The molecule has 3 rings (SSSR count). The van der Waals surface area contributed by atoms with Crippen LogP contribution in [-0.2, 0) is 4.74 Å². The molecule has 2 heterocycles. The number of amides is 1. The maximum atomic E-state index is 13.1. The molecule has 28 heavy (non-hydrogen) atoms. The minimum atomic E-state index is -2.98. The summed E-state index contributed by atoms with van der Waals surface area (Å²) in [7, 11) is 0. The summed E-state index contributed by atoms with van der Waals surface area (Å²) in [6, 6.07) is 5.97. The Morgan fingerprint density at radius 3 is 2.29 bits per heavy atom. The summed E-state index contributed by atoms with van der Waals surface area (Å²) in [5, 5.41) is 0. The van der Waals surface area contributed by atoms with Crippen LogP contribution in [-0.4, -0.2) is 41.1 Å². The number of fused-ring (bicyclic) bond motifs is 2.